The van der Waals surface area contributed by atoms with Crippen molar-refractivity contribution in [1.82, 2.24) is 9.55 Å². The Labute approximate surface area is 95.9 Å². The second-order valence-electron chi connectivity index (χ2n) is 4.66. The van der Waals surface area contributed by atoms with Crippen LogP contribution >= 0.6 is 0 Å². The van der Waals surface area contributed by atoms with Crippen LogP contribution in [0.4, 0.5) is 0 Å². The van der Waals surface area contributed by atoms with Crippen LogP contribution in [0, 0.1) is 0 Å². The molecule has 0 amide bonds. The largest absolute Gasteiger partial charge is 0.390 e. The zero-order valence-corrected chi connectivity index (χ0v) is 9.76. The first kappa shape index (κ1) is 11.6. The Morgan fingerprint density at radius 1 is 1.50 bits per heavy atom. The van der Waals surface area contributed by atoms with Crippen LogP contribution in [0.25, 0.3) is 0 Å². The summed E-state index contributed by atoms with van der Waals surface area (Å²) in [5.41, 5.74) is -0.884. The molecule has 4 heteroatoms. The van der Waals surface area contributed by atoms with E-state index in [1.54, 1.807) is 6.20 Å². The topological polar surface area (TPSA) is 58.3 Å². The Morgan fingerprint density at radius 2 is 2.19 bits per heavy atom. The third-order valence-electron chi connectivity index (χ3n) is 3.61. The van der Waals surface area contributed by atoms with Crippen molar-refractivity contribution in [3.8, 4) is 0 Å². The van der Waals surface area contributed by atoms with Crippen molar-refractivity contribution in [2.45, 2.75) is 57.3 Å². The number of imidazole rings is 1. The molecule has 1 fully saturated rings. The molecule has 2 rings (SSSR count). The van der Waals surface area contributed by atoms with E-state index in [2.05, 4.69) is 4.98 Å². The Bertz CT molecular complexity index is 343. The Kier molecular flexibility index (Phi) is 3.30. The van der Waals surface area contributed by atoms with E-state index in [4.69, 9.17) is 0 Å². The SMILES string of the molecule is CCn1ccnc1CC(O)C1(O)CCCC1. The summed E-state index contributed by atoms with van der Waals surface area (Å²) in [4.78, 5) is 4.22. The summed E-state index contributed by atoms with van der Waals surface area (Å²) < 4.78 is 2.00. The fraction of sp³-hybridized carbons (Fsp3) is 0.750. The molecule has 2 N–H and O–H groups in total. The fourth-order valence-electron chi connectivity index (χ4n) is 2.50. The van der Waals surface area contributed by atoms with Crippen LogP contribution in [0.2, 0.25) is 0 Å². The van der Waals surface area contributed by atoms with Gasteiger partial charge in [-0.05, 0) is 19.8 Å². The molecular weight excluding hydrogens is 204 g/mol. The van der Waals surface area contributed by atoms with Gasteiger partial charge in [0.25, 0.3) is 0 Å². The molecule has 1 aromatic rings. The lowest BCUT2D eigenvalue weighted by Gasteiger charge is -2.28. The van der Waals surface area contributed by atoms with E-state index < -0.39 is 11.7 Å². The van der Waals surface area contributed by atoms with Crippen LogP contribution < -0.4 is 0 Å². The lowest BCUT2D eigenvalue weighted by Crippen LogP contribution is -2.41. The first-order chi connectivity index (χ1) is 7.65. The highest BCUT2D eigenvalue weighted by molar-refractivity contribution is 5.00. The molecular formula is C12H20N2O2. The number of hydrogen-bond donors (Lipinski definition) is 2. The van der Waals surface area contributed by atoms with E-state index in [0.29, 0.717) is 19.3 Å². The minimum absolute atomic E-state index is 0.442. The van der Waals surface area contributed by atoms with Gasteiger partial charge in [-0.1, -0.05) is 12.8 Å². The maximum absolute atomic E-state index is 10.2. The summed E-state index contributed by atoms with van der Waals surface area (Å²) in [6.45, 7) is 2.89. The average molecular weight is 224 g/mol. The Morgan fingerprint density at radius 3 is 2.81 bits per heavy atom. The van der Waals surface area contributed by atoms with Gasteiger partial charge in [-0.25, -0.2) is 4.98 Å². The highest BCUT2D eigenvalue weighted by Crippen LogP contribution is 2.33. The van der Waals surface area contributed by atoms with Gasteiger partial charge in [-0.2, -0.15) is 0 Å². The standard InChI is InChI=1S/C12H20N2O2/c1-2-14-8-7-13-11(14)9-10(15)12(16)5-3-4-6-12/h7-8,10,15-16H,2-6,9H2,1H3. The molecule has 90 valence electrons. The van der Waals surface area contributed by atoms with Gasteiger partial charge in [0, 0.05) is 25.4 Å². The van der Waals surface area contributed by atoms with Gasteiger partial charge in [-0.3, -0.25) is 0 Å². The summed E-state index contributed by atoms with van der Waals surface area (Å²) in [7, 11) is 0. The molecule has 1 atom stereocenters. The van der Waals surface area contributed by atoms with Crippen LogP contribution in [0.3, 0.4) is 0 Å². The molecule has 1 unspecified atom stereocenters. The smallest absolute Gasteiger partial charge is 0.111 e. The zero-order chi connectivity index (χ0) is 11.6. The molecule has 1 saturated carbocycles. The van der Waals surface area contributed by atoms with E-state index >= 15 is 0 Å². The maximum Gasteiger partial charge on any atom is 0.111 e. The van der Waals surface area contributed by atoms with Crippen molar-refractivity contribution in [2.24, 2.45) is 0 Å². The second-order valence-corrected chi connectivity index (χ2v) is 4.66. The molecule has 0 aromatic carbocycles. The summed E-state index contributed by atoms with van der Waals surface area (Å²) in [5, 5.41) is 20.3. The number of aromatic nitrogens is 2. The number of rotatable bonds is 4. The van der Waals surface area contributed by atoms with Crippen molar-refractivity contribution in [3.63, 3.8) is 0 Å². The monoisotopic (exact) mass is 224 g/mol. The number of aryl methyl sites for hydroxylation is 1. The van der Waals surface area contributed by atoms with Crippen molar-refractivity contribution in [2.75, 3.05) is 0 Å². The summed E-state index contributed by atoms with van der Waals surface area (Å²) >= 11 is 0. The number of aliphatic hydroxyl groups excluding tert-OH is 1. The lowest BCUT2D eigenvalue weighted by atomic mass is 9.92. The Hall–Kier alpha value is -0.870. The van der Waals surface area contributed by atoms with Crippen LogP contribution in [0.15, 0.2) is 12.4 Å². The molecule has 1 aromatic heterocycles. The van der Waals surface area contributed by atoms with Gasteiger partial charge in [0.1, 0.15) is 5.82 Å². The molecule has 1 aliphatic rings. The molecule has 1 heterocycles. The predicted octanol–water partition coefficient (Wildman–Crippen LogP) is 1.11. The summed E-state index contributed by atoms with van der Waals surface area (Å²) in [6.07, 6.45) is 6.83. The van der Waals surface area contributed by atoms with Crippen LogP contribution in [-0.4, -0.2) is 31.5 Å². The minimum Gasteiger partial charge on any atom is -0.390 e. The fourth-order valence-corrected chi connectivity index (χ4v) is 2.50. The molecule has 1 aliphatic carbocycles. The van der Waals surface area contributed by atoms with Gasteiger partial charge >= 0.3 is 0 Å². The molecule has 0 saturated heterocycles. The quantitative estimate of drug-likeness (QED) is 0.805. The van der Waals surface area contributed by atoms with Crippen molar-refractivity contribution in [1.29, 1.82) is 0 Å². The van der Waals surface area contributed by atoms with Crippen LogP contribution in [-0.2, 0) is 13.0 Å². The molecule has 0 bridgehead atoms. The third-order valence-corrected chi connectivity index (χ3v) is 3.61. The van der Waals surface area contributed by atoms with Gasteiger partial charge in [0.2, 0.25) is 0 Å². The van der Waals surface area contributed by atoms with E-state index in [9.17, 15) is 10.2 Å². The molecule has 16 heavy (non-hydrogen) atoms. The van der Waals surface area contributed by atoms with E-state index in [-0.39, 0.29) is 0 Å². The zero-order valence-electron chi connectivity index (χ0n) is 9.76. The first-order valence-corrected chi connectivity index (χ1v) is 6.06. The van der Waals surface area contributed by atoms with E-state index in [1.165, 1.54) is 0 Å². The van der Waals surface area contributed by atoms with E-state index in [0.717, 1.165) is 25.2 Å². The molecule has 4 nitrogen and oxygen atoms in total. The van der Waals surface area contributed by atoms with Crippen molar-refractivity contribution in [3.05, 3.63) is 18.2 Å². The van der Waals surface area contributed by atoms with Gasteiger partial charge < -0.3 is 14.8 Å². The number of nitrogens with zero attached hydrogens (tertiary/aromatic N) is 2. The highest BCUT2D eigenvalue weighted by Gasteiger charge is 2.38. The normalized spacial score (nSPS) is 21.2. The summed E-state index contributed by atoms with van der Waals surface area (Å²) in [6, 6.07) is 0. The number of aliphatic hydroxyl groups is 2. The van der Waals surface area contributed by atoms with Gasteiger partial charge in [0.15, 0.2) is 0 Å². The number of hydrogen-bond acceptors (Lipinski definition) is 3. The average Bonchev–Trinajstić information content (AvgIpc) is 2.87. The predicted molar refractivity (Wildman–Crippen MR) is 61.0 cm³/mol. The van der Waals surface area contributed by atoms with Crippen LogP contribution in [0.1, 0.15) is 38.4 Å². The summed E-state index contributed by atoms with van der Waals surface area (Å²) in [5.74, 6) is 0.857. The molecule has 0 aliphatic heterocycles. The minimum atomic E-state index is -0.884. The van der Waals surface area contributed by atoms with E-state index in [1.807, 2.05) is 17.7 Å². The van der Waals surface area contributed by atoms with Gasteiger partial charge in [-0.15, -0.1) is 0 Å². The third kappa shape index (κ3) is 2.13. The Balaban J connectivity index is 2.04. The maximum atomic E-state index is 10.2. The van der Waals surface area contributed by atoms with Gasteiger partial charge in [0.05, 0.1) is 11.7 Å². The van der Waals surface area contributed by atoms with Crippen molar-refractivity contribution >= 4 is 0 Å². The van der Waals surface area contributed by atoms with Crippen LogP contribution in [0.5, 0.6) is 0 Å². The molecule has 0 spiro atoms. The van der Waals surface area contributed by atoms with Crippen molar-refractivity contribution < 1.29 is 10.2 Å². The second kappa shape index (κ2) is 4.55. The first-order valence-electron chi connectivity index (χ1n) is 6.06. The lowest BCUT2D eigenvalue weighted by molar-refractivity contribution is -0.0699. The molecule has 0 radical (unpaired) electrons. The highest BCUT2D eigenvalue weighted by atomic mass is 16.3.